The summed E-state index contributed by atoms with van der Waals surface area (Å²) < 4.78 is 0. The van der Waals surface area contributed by atoms with Crippen molar-refractivity contribution in [2.75, 3.05) is 31.1 Å². The van der Waals surface area contributed by atoms with Crippen LogP contribution in [0.15, 0.2) is 29.4 Å². The van der Waals surface area contributed by atoms with Gasteiger partial charge in [0.25, 0.3) is 0 Å². The molecule has 2 rings (SSSR count). The summed E-state index contributed by atoms with van der Waals surface area (Å²) in [6.07, 6.45) is -0.376. The molecular formula is C12H17N3O2. The predicted molar refractivity (Wildman–Crippen MR) is 67.4 cm³/mol. The zero-order chi connectivity index (χ0) is 12.3. The fraction of sp³-hybridized carbons (Fsp3) is 0.500. The molecule has 5 heteroatoms. The van der Waals surface area contributed by atoms with Crippen molar-refractivity contribution in [1.82, 2.24) is 4.90 Å². The number of nitrogens with zero attached hydrogens (tertiary/aromatic N) is 3. The van der Waals surface area contributed by atoms with Crippen molar-refractivity contribution in [1.29, 1.82) is 0 Å². The molecule has 1 unspecified atom stereocenters. The molecule has 1 aliphatic rings. The monoisotopic (exact) mass is 235 g/mol. The van der Waals surface area contributed by atoms with Crippen molar-refractivity contribution >= 4 is 11.4 Å². The molecule has 1 heterocycles. The molecule has 17 heavy (non-hydrogen) atoms. The van der Waals surface area contributed by atoms with E-state index >= 15 is 0 Å². The third-order valence-corrected chi connectivity index (χ3v) is 3.16. The molecule has 0 bridgehead atoms. The smallest absolute Gasteiger partial charge is 0.108 e. The second-order valence-electron chi connectivity index (χ2n) is 4.26. The standard InChI is InChI=1S/C12H17N3O2/c1-10(16)14-6-8-15(9-7-14)12-4-2-11(13-17)3-5-12/h2-5,10,16H,6-9H2,1H3. The van der Waals surface area contributed by atoms with Gasteiger partial charge >= 0.3 is 0 Å². The largest absolute Gasteiger partial charge is 0.379 e. The van der Waals surface area contributed by atoms with Gasteiger partial charge in [0.1, 0.15) is 11.9 Å². The topological polar surface area (TPSA) is 56.1 Å². The normalized spacial score (nSPS) is 19.1. The van der Waals surface area contributed by atoms with Gasteiger partial charge in [-0.25, -0.2) is 0 Å². The van der Waals surface area contributed by atoms with Crippen LogP contribution in [0, 0.1) is 4.91 Å². The van der Waals surface area contributed by atoms with E-state index in [1.54, 1.807) is 19.1 Å². The summed E-state index contributed by atoms with van der Waals surface area (Å²) in [5.74, 6) is 0. The maximum Gasteiger partial charge on any atom is 0.108 e. The van der Waals surface area contributed by atoms with Crippen LogP contribution in [0.2, 0.25) is 0 Å². The van der Waals surface area contributed by atoms with E-state index in [0.29, 0.717) is 5.69 Å². The van der Waals surface area contributed by atoms with Gasteiger partial charge in [-0.2, -0.15) is 0 Å². The van der Waals surface area contributed by atoms with E-state index in [2.05, 4.69) is 10.1 Å². The van der Waals surface area contributed by atoms with Crippen LogP contribution in [0.25, 0.3) is 0 Å². The van der Waals surface area contributed by atoms with Gasteiger partial charge in [0.15, 0.2) is 0 Å². The predicted octanol–water partition coefficient (Wildman–Crippen LogP) is 1.54. The van der Waals surface area contributed by atoms with E-state index in [1.165, 1.54) is 0 Å². The van der Waals surface area contributed by atoms with Crippen molar-refractivity contribution in [3.63, 3.8) is 0 Å². The van der Waals surface area contributed by atoms with Crippen molar-refractivity contribution in [2.24, 2.45) is 5.18 Å². The second-order valence-corrected chi connectivity index (χ2v) is 4.26. The zero-order valence-corrected chi connectivity index (χ0v) is 9.91. The lowest BCUT2D eigenvalue weighted by atomic mass is 10.2. The Labute approximate surface area is 101 Å². The number of aliphatic hydroxyl groups excluding tert-OH is 1. The van der Waals surface area contributed by atoms with Crippen LogP contribution >= 0.6 is 0 Å². The minimum atomic E-state index is -0.376. The van der Waals surface area contributed by atoms with Crippen LogP contribution in [0.3, 0.4) is 0 Å². The van der Waals surface area contributed by atoms with Gasteiger partial charge in [0.2, 0.25) is 0 Å². The Hall–Kier alpha value is -1.46. The first kappa shape index (κ1) is 12.0. The summed E-state index contributed by atoms with van der Waals surface area (Å²) in [4.78, 5) is 14.6. The van der Waals surface area contributed by atoms with Gasteiger partial charge in [-0.3, -0.25) is 4.90 Å². The Bertz CT molecular complexity index is 370. The fourth-order valence-electron chi connectivity index (χ4n) is 2.08. The highest BCUT2D eigenvalue weighted by Crippen LogP contribution is 2.21. The van der Waals surface area contributed by atoms with Crippen molar-refractivity contribution < 1.29 is 5.11 Å². The van der Waals surface area contributed by atoms with Gasteiger partial charge < -0.3 is 10.0 Å². The highest BCUT2D eigenvalue weighted by molar-refractivity contribution is 5.53. The lowest BCUT2D eigenvalue weighted by molar-refractivity contribution is 0.0153. The maximum atomic E-state index is 10.3. The van der Waals surface area contributed by atoms with E-state index in [-0.39, 0.29) is 6.23 Å². The Balaban J connectivity index is 1.97. The van der Waals surface area contributed by atoms with E-state index in [1.807, 2.05) is 17.0 Å². The fourth-order valence-corrected chi connectivity index (χ4v) is 2.08. The molecule has 1 saturated heterocycles. The van der Waals surface area contributed by atoms with Crippen LogP contribution in [0.5, 0.6) is 0 Å². The summed E-state index contributed by atoms with van der Waals surface area (Å²) in [6, 6.07) is 7.27. The van der Waals surface area contributed by atoms with Crippen LogP contribution < -0.4 is 4.90 Å². The molecule has 0 saturated carbocycles. The van der Waals surface area contributed by atoms with Crippen LogP contribution in [0.1, 0.15) is 6.92 Å². The zero-order valence-electron chi connectivity index (χ0n) is 9.91. The van der Waals surface area contributed by atoms with Crippen LogP contribution in [0.4, 0.5) is 11.4 Å². The first-order valence-corrected chi connectivity index (χ1v) is 5.81. The molecule has 1 aromatic rings. The molecule has 1 fully saturated rings. The van der Waals surface area contributed by atoms with E-state index < -0.39 is 0 Å². The Morgan fingerprint density at radius 2 is 1.76 bits per heavy atom. The van der Waals surface area contributed by atoms with E-state index in [9.17, 15) is 10.0 Å². The summed E-state index contributed by atoms with van der Waals surface area (Å²) in [5.41, 5.74) is 1.55. The molecule has 1 aliphatic heterocycles. The lowest BCUT2D eigenvalue weighted by Crippen LogP contribution is -2.49. The highest BCUT2D eigenvalue weighted by atomic mass is 16.3. The summed E-state index contributed by atoms with van der Waals surface area (Å²) in [5, 5.41) is 12.3. The first-order valence-electron chi connectivity index (χ1n) is 5.81. The molecule has 92 valence electrons. The lowest BCUT2D eigenvalue weighted by Gasteiger charge is -2.37. The molecule has 0 aliphatic carbocycles. The highest BCUT2D eigenvalue weighted by Gasteiger charge is 2.19. The summed E-state index contributed by atoms with van der Waals surface area (Å²) >= 11 is 0. The third kappa shape index (κ3) is 2.81. The molecule has 0 aromatic heterocycles. The average molecular weight is 235 g/mol. The maximum absolute atomic E-state index is 10.3. The second kappa shape index (κ2) is 5.25. The number of aliphatic hydroxyl groups is 1. The SMILES string of the molecule is CC(O)N1CCN(c2ccc(N=O)cc2)CC1. The molecule has 1 N–H and O–H groups in total. The Kier molecular flexibility index (Phi) is 3.71. The number of hydrogen-bond donors (Lipinski definition) is 1. The number of nitroso groups, excluding NO2 is 1. The number of hydrogen-bond acceptors (Lipinski definition) is 5. The minimum absolute atomic E-state index is 0.376. The summed E-state index contributed by atoms with van der Waals surface area (Å²) in [7, 11) is 0. The van der Waals surface area contributed by atoms with Gasteiger partial charge in [-0.05, 0) is 36.4 Å². The molecule has 1 atom stereocenters. The van der Waals surface area contributed by atoms with Gasteiger partial charge in [-0.1, -0.05) is 0 Å². The molecule has 0 radical (unpaired) electrons. The quantitative estimate of drug-likeness (QED) is 0.807. The number of benzene rings is 1. The van der Waals surface area contributed by atoms with E-state index in [4.69, 9.17) is 0 Å². The molecule has 0 amide bonds. The Morgan fingerprint density at radius 3 is 2.24 bits per heavy atom. The first-order chi connectivity index (χ1) is 8.20. The molecular weight excluding hydrogens is 218 g/mol. The van der Waals surface area contributed by atoms with Crippen molar-refractivity contribution in [3.05, 3.63) is 29.2 Å². The molecule has 1 aromatic carbocycles. The van der Waals surface area contributed by atoms with E-state index in [0.717, 1.165) is 31.9 Å². The van der Waals surface area contributed by atoms with Crippen LogP contribution in [-0.4, -0.2) is 42.4 Å². The number of rotatable bonds is 3. The number of anilines is 1. The van der Waals surface area contributed by atoms with Gasteiger partial charge in [0.05, 0.1) is 0 Å². The molecule has 0 spiro atoms. The van der Waals surface area contributed by atoms with Gasteiger partial charge in [-0.15, -0.1) is 4.91 Å². The molecule has 5 nitrogen and oxygen atoms in total. The average Bonchev–Trinajstić information content (AvgIpc) is 2.39. The van der Waals surface area contributed by atoms with Crippen LogP contribution in [-0.2, 0) is 0 Å². The van der Waals surface area contributed by atoms with Crippen molar-refractivity contribution in [3.8, 4) is 0 Å². The van der Waals surface area contributed by atoms with Crippen molar-refractivity contribution in [2.45, 2.75) is 13.2 Å². The minimum Gasteiger partial charge on any atom is -0.379 e. The number of piperazine rings is 1. The summed E-state index contributed by atoms with van der Waals surface area (Å²) in [6.45, 7) is 5.27. The van der Waals surface area contributed by atoms with Gasteiger partial charge in [0, 0.05) is 31.9 Å². The Morgan fingerprint density at radius 1 is 1.18 bits per heavy atom. The third-order valence-electron chi connectivity index (χ3n) is 3.16.